The number of carboxylic acid groups (broad SMARTS) is 1. The van der Waals surface area contributed by atoms with Crippen LogP contribution in [0.1, 0.15) is 22.3 Å². The van der Waals surface area contributed by atoms with E-state index in [1.54, 1.807) is 12.1 Å². The molecule has 1 aromatic carbocycles. The second-order valence-electron chi connectivity index (χ2n) is 4.66. The fourth-order valence-corrected chi connectivity index (χ4v) is 2.31. The van der Waals surface area contributed by atoms with Crippen molar-refractivity contribution in [2.75, 3.05) is 18.0 Å². The number of hydrogen-bond donors (Lipinski definition) is 2. The maximum atomic E-state index is 11.2. The molecule has 0 radical (unpaired) electrons. The van der Waals surface area contributed by atoms with Gasteiger partial charge < -0.3 is 15.7 Å². The van der Waals surface area contributed by atoms with Gasteiger partial charge in [0, 0.05) is 13.1 Å². The van der Waals surface area contributed by atoms with Crippen molar-refractivity contribution >= 4 is 17.6 Å². The van der Waals surface area contributed by atoms with Gasteiger partial charge in [-0.25, -0.2) is 4.79 Å². The number of hydrogen-bond acceptors (Lipinski definition) is 3. The monoisotopic (exact) mass is 248 g/mol. The molecule has 2 rings (SSSR count). The molecule has 0 bridgehead atoms. The van der Waals surface area contributed by atoms with Crippen molar-refractivity contribution in [3.63, 3.8) is 0 Å². The van der Waals surface area contributed by atoms with E-state index >= 15 is 0 Å². The third kappa shape index (κ3) is 2.30. The molecule has 0 spiro atoms. The van der Waals surface area contributed by atoms with Gasteiger partial charge in [0.05, 0.1) is 17.2 Å². The Hall–Kier alpha value is -2.04. The van der Waals surface area contributed by atoms with Crippen molar-refractivity contribution in [1.29, 1.82) is 0 Å². The highest BCUT2D eigenvalue weighted by atomic mass is 16.4. The van der Waals surface area contributed by atoms with Crippen molar-refractivity contribution < 1.29 is 14.7 Å². The zero-order valence-electron chi connectivity index (χ0n) is 10.2. The average Bonchev–Trinajstić information content (AvgIpc) is 2.78. The van der Waals surface area contributed by atoms with Crippen LogP contribution in [0.4, 0.5) is 5.69 Å². The Morgan fingerprint density at radius 3 is 2.72 bits per heavy atom. The Labute approximate surface area is 105 Å². The minimum Gasteiger partial charge on any atom is -0.478 e. The molecule has 18 heavy (non-hydrogen) atoms. The van der Waals surface area contributed by atoms with Gasteiger partial charge in [-0.15, -0.1) is 0 Å². The number of aromatic carboxylic acids is 1. The zero-order valence-corrected chi connectivity index (χ0v) is 10.2. The number of carboxylic acids is 1. The number of amides is 1. The molecule has 1 atom stereocenters. The van der Waals surface area contributed by atoms with E-state index in [1.165, 1.54) is 0 Å². The summed E-state index contributed by atoms with van der Waals surface area (Å²) in [5, 5.41) is 9.21. The Bertz CT molecular complexity index is 499. The van der Waals surface area contributed by atoms with E-state index in [0.717, 1.165) is 5.56 Å². The van der Waals surface area contributed by atoms with Gasteiger partial charge in [-0.1, -0.05) is 11.6 Å². The highest BCUT2D eigenvalue weighted by Crippen LogP contribution is 2.27. The molecule has 0 aliphatic carbocycles. The summed E-state index contributed by atoms with van der Waals surface area (Å²) in [4.78, 5) is 24.3. The standard InChI is InChI=1S/C13H16N2O3/c1-8-2-3-11(10(6-8)13(17)18)15-5-4-9(7-15)12(14)16/h2-3,6,9H,4-5,7H2,1H3,(H2,14,16)(H,17,18). The van der Waals surface area contributed by atoms with Gasteiger partial charge in [0.2, 0.25) is 5.91 Å². The molecule has 1 aromatic rings. The first-order chi connectivity index (χ1) is 8.49. The Morgan fingerprint density at radius 1 is 1.44 bits per heavy atom. The van der Waals surface area contributed by atoms with Crippen molar-refractivity contribution in [2.45, 2.75) is 13.3 Å². The third-order valence-corrected chi connectivity index (χ3v) is 3.31. The van der Waals surface area contributed by atoms with Crippen LogP contribution in [-0.2, 0) is 4.79 Å². The first-order valence-corrected chi connectivity index (χ1v) is 5.87. The van der Waals surface area contributed by atoms with Crippen LogP contribution in [0.25, 0.3) is 0 Å². The van der Waals surface area contributed by atoms with E-state index in [-0.39, 0.29) is 17.4 Å². The predicted octanol–water partition coefficient (Wildman–Crippen LogP) is 1.00. The lowest BCUT2D eigenvalue weighted by Gasteiger charge is -2.20. The zero-order chi connectivity index (χ0) is 13.3. The average molecular weight is 248 g/mol. The summed E-state index contributed by atoms with van der Waals surface area (Å²) < 4.78 is 0. The molecule has 5 heteroatoms. The van der Waals surface area contributed by atoms with Crippen LogP contribution in [-0.4, -0.2) is 30.1 Å². The lowest BCUT2D eigenvalue weighted by Crippen LogP contribution is -2.28. The number of rotatable bonds is 3. The molecule has 0 aromatic heterocycles. The second-order valence-corrected chi connectivity index (χ2v) is 4.66. The summed E-state index contributed by atoms with van der Waals surface area (Å²) in [5.74, 6) is -1.45. The van der Waals surface area contributed by atoms with Gasteiger partial charge in [-0.2, -0.15) is 0 Å². The van der Waals surface area contributed by atoms with E-state index in [9.17, 15) is 14.7 Å². The van der Waals surface area contributed by atoms with Crippen LogP contribution in [0.3, 0.4) is 0 Å². The fraction of sp³-hybridized carbons (Fsp3) is 0.385. The number of carbonyl (C=O) groups is 2. The normalized spacial score (nSPS) is 18.9. The minimum absolute atomic E-state index is 0.187. The van der Waals surface area contributed by atoms with E-state index in [0.29, 0.717) is 25.2 Å². The molecule has 1 amide bonds. The van der Waals surface area contributed by atoms with Crippen LogP contribution in [0.15, 0.2) is 18.2 Å². The quantitative estimate of drug-likeness (QED) is 0.836. The molecular weight excluding hydrogens is 232 g/mol. The number of aryl methyl sites for hydroxylation is 1. The molecule has 1 saturated heterocycles. The molecule has 5 nitrogen and oxygen atoms in total. The summed E-state index contributed by atoms with van der Waals surface area (Å²) in [5.41, 5.74) is 7.12. The van der Waals surface area contributed by atoms with Crippen molar-refractivity contribution in [3.05, 3.63) is 29.3 Å². The number of primary amides is 1. The molecule has 0 saturated carbocycles. The van der Waals surface area contributed by atoms with Crippen LogP contribution in [0.2, 0.25) is 0 Å². The fourth-order valence-electron chi connectivity index (χ4n) is 2.31. The number of anilines is 1. The van der Waals surface area contributed by atoms with Crippen LogP contribution >= 0.6 is 0 Å². The smallest absolute Gasteiger partial charge is 0.337 e. The molecule has 1 unspecified atom stereocenters. The molecule has 1 heterocycles. The van der Waals surface area contributed by atoms with Crippen LogP contribution < -0.4 is 10.6 Å². The number of carbonyl (C=O) groups excluding carboxylic acids is 1. The highest BCUT2D eigenvalue weighted by Gasteiger charge is 2.28. The van der Waals surface area contributed by atoms with Gasteiger partial charge >= 0.3 is 5.97 Å². The van der Waals surface area contributed by atoms with Crippen LogP contribution in [0, 0.1) is 12.8 Å². The summed E-state index contributed by atoms with van der Waals surface area (Å²) in [6, 6.07) is 5.32. The Balaban J connectivity index is 2.29. The Morgan fingerprint density at radius 2 is 2.17 bits per heavy atom. The van der Waals surface area contributed by atoms with E-state index in [2.05, 4.69) is 0 Å². The number of benzene rings is 1. The number of nitrogens with two attached hydrogens (primary N) is 1. The van der Waals surface area contributed by atoms with Gasteiger partial charge in [-0.3, -0.25) is 4.79 Å². The number of nitrogens with zero attached hydrogens (tertiary/aromatic N) is 1. The minimum atomic E-state index is -0.948. The highest BCUT2D eigenvalue weighted by molar-refractivity contribution is 5.95. The van der Waals surface area contributed by atoms with Gasteiger partial charge in [0.15, 0.2) is 0 Å². The summed E-state index contributed by atoms with van der Waals surface area (Å²) in [7, 11) is 0. The molecule has 3 N–H and O–H groups in total. The summed E-state index contributed by atoms with van der Waals surface area (Å²) in [6.07, 6.45) is 0.683. The molecule has 1 aliphatic heterocycles. The molecule has 96 valence electrons. The first-order valence-electron chi connectivity index (χ1n) is 5.87. The maximum absolute atomic E-state index is 11.2. The van der Waals surface area contributed by atoms with Gasteiger partial charge in [0.1, 0.15) is 0 Å². The lowest BCUT2D eigenvalue weighted by atomic mass is 10.1. The van der Waals surface area contributed by atoms with Crippen LogP contribution in [0.5, 0.6) is 0 Å². The van der Waals surface area contributed by atoms with E-state index < -0.39 is 5.97 Å². The van der Waals surface area contributed by atoms with Gasteiger partial charge in [-0.05, 0) is 25.5 Å². The lowest BCUT2D eigenvalue weighted by molar-refractivity contribution is -0.121. The van der Waals surface area contributed by atoms with Crippen molar-refractivity contribution in [3.8, 4) is 0 Å². The summed E-state index contributed by atoms with van der Waals surface area (Å²) >= 11 is 0. The van der Waals surface area contributed by atoms with Crippen molar-refractivity contribution in [2.24, 2.45) is 11.7 Å². The van der Waals surface area contributed by atoms with E-state index in [4.69, 9.17) is 5.73 Å². The molecule has 1 fully saturated rings. The molecular formula is C13H16N2O3. The third-order valence-electron chi connectivity index (χ3n) is 3.31. The topological polar surface area (TPSA) is 83.6 Å². The predicted molar refractivity (Wildman–Crippen MR) is 67.7 cm³/mol. The molecule has 1 aliphatic rings. The maximum Gasteiger partial charge on any atom is 0.337 e. The largest absolute Gasteiger partial charge is 0.478 e. The van der Waals surface area contributed by atoms with Crippen molar-refractivity contribution in [1.82, 2.24) is 0 Å². The van der Waals surface area contributed by atoms with Gasteiger partial charge in [0.25, 0.3) is 0 Å². The van der Waals surface area contributed by atoms with E-state index in [1.807, 2.05) is 17.9 Å². The Kier molecular flexibility index (Phi) is 3.23. The summed E-state index contributed by atoms with van der Waals surface area (Å²) in [6.45, 7) is 3.02. The second kappa shape index (κ2) is 4.68. The SMILES string of the molecule is Cc1ccc(N2CCC(C(N)=O)C2)c(C(=O)O)c1. The first kappa shape index (κ1) is 12.4.